The summed E-state index contributed by atoms with van der Waals surface area (Å²) in [5, 5.41) is 10.8. The number of ether oxygens (including phenoxy) is 3. The lowest BCUT2D eigenvalue weighted by Crippen LogP contribution is -2.49. The Morgan fingerprint density at radius 2 is 1.76 bits per heavy atom. The van der Waals surface area contributed by atoms with Crippen molar-refractivity contribution in [1.29, 1.82) is 0 Å². The SMILES string of the molecule is COc1ccc(CCn2cc([C@H]3CCN(C(=O)OC(C)(C)C)C[C@@H]3OC(=O)c3ccc4ccccc4c3)nn2)cc1. The van der Waals surface area contributed by atoms with Gasteiger partial charge in [-0.1, -0.05) is 47.7 Å². The first-order chi connectivity index (χ1) is 19.7. The Morgan fingerprint density at radius 3 is 2.49 bits per heavy atom. The molecule has 0 bridgehead atoms. The molecule has 214 valence electrons. The molecule has 5 rings (SSSR count). The molecule has 1 saturated heterocycles. The number of esters is 1. The van der Waals surface area contributed by atoms with E-state index in [0.29, 0.717) is 25.1 Å². The number of hydrogen-bond donors (Lipinski definition) is 0. The van der Waals surface area contributed by atoms with Crippen molar-refractivity contribution >= 4 is 22.8 Å². The second-order valence-electron chi connectivity index (χ2n) is 11.3. The molecule has 0 N–H and O–H groups in total. The van der Waals surface area contributed by atoms with Crippen LogP contribution in [0.1, 0.15) is 54.7 Å². The molecule has 1 fully saturated rings. The van der Waals surface area contributed by atoms with Crippen LogP contribution in [0.2, 0.25) is 0 Å². The van der Waals surface area contributed by atoms with Gasteiger partial charge in [-0.3, -0.25) is 4.68 Å². The van der Waals surface area contributed by atoms with E-state index in [-0.39, 0.29) is 12.5 Å². The van der Waals surface area contributed by atoms with Crippen molar-refractivity contribution < 1.29 is 23.8 Å². The Balaban J connectivity index is 1.32. The van der Waals surface area contributed by atoms with E-state index >= 15 is 0 Å². The topological polar surface area (TPSA) is 95.8 Å². The fourth-order valence-corrected chi connectivity index (χ4v) is 5.02. The molecule has 2 heterocycles. The smallest absolute Gasteiger partial charge is 0.410 e. The van der Waals surface area contributed by atoms with E-state index in [9.17, 15) is 9.59 Å². The molecule has 4 aromatic rings. The molecule has 0 unspecified atom stereocenters. The highest BCUT2D eigenvalue weighted by molar-refractivity contribution is 5.95. The number of rotatable bonds is 7. The lowest BCUT2D eigenvalue weighted by Gasteiger charge is -2.37. The van der Waals surface area contributed by atoms with Crippen molar-refractivity contribution in [1.82, 2.24) is 19.9 Å². The summed E-state index contributed by atoms with van der Waals surface area (Å²) in [6.07, 6.45) is 2.22. The molecule has 3 aromatic carbocycles. The number of aryl methyl sites for hydroxylation is 2. The maximum atomic E-state index is 13.3. The van der Waals surface area contributed by atoms with E-state index < -0.39 is 23.8 Å². The third-order valence-electron chi connectivity index (χ3n) is 7.18. The number of piperidine rings is 1. The number of amides is 1. The standard InChI is InChI=1S/C32H36N4O5/c1-32(2,3)41-31(38)35-17-16-27(28-20-36(34-33-28)18-15-22-9-13-26(39-4)14-10-22)29(21-35)40-30(37)25-12-11-23-7-5-6-8-24(23)19-25/h5-14,19-20,27,29H,15-18,21H2,1-4H3/t27-,29+/m1/s1. The Bertz CT molecular complexity index is 1510. The minimum Gasteiger partial charge on any atom is -0.497 e. The van der Waals surface area contributed by atoms with E-state index in [1.165, 1.54) is 0 Å². The quantitative estimate of drug-likeness (QED) is 0.272. The van der Waals surface area contributed by atoms with Crippen molar-refractivity contribution in [3.05, 3.63) is 89.7 Å². The first kappa shape index (κ1) is 28.1. The normalized spacial score (nSPS) is 17.3. The van der Waals surface area contributed by atoms with Crippen molar-refractivity contribution in [3.63, 3.8) is 0 Å². The zero-order valence-electron chi connectivity index (χ0n) is 23.9. The van der Waals surface area contributed by atoms with Gasteiger partial charge in [0.1, 0.15) is 17.5 Å². The number of hydrogen-bond acceptors (Lipinski definition) is 7. The largest absolute Gasteiger partial charge is 0.497 e. The number of nitrogens with zero attached hydrogens (tertiary/aromatic N) is 4. The van der Waals surface area contributed by atoms with E-state index in [1.807, 2.05) is 92.3 Å². The number of likely N-dealkylation sites (tertiary alicyclic amines) is 1. The first-order valence-electron chi connectivity index (χ1n) is 13.9. The third-order valence-corrected chi connectivity index (χ3v) is 7.18. The van der Waals surface area contributed by atoms with Crippen LogP contribution in [-0.2, 0) is 22.4 Å². The van der Waals surface area contributed by atoms with E-state index in [1.54, 1.807) is 18.1 Å². The first-order valence-corrected chi connectivity index (χ1v) is 13.9. The van der Waals surface area contributed by atoms with Crippen LogP contribution in [0.5, 0.6) is 5.75 Å². The number of methoxy groups -OCH3 is 1. The number of carbonyl (C=O) groups excluding carboxylic acids is 2. The van der Waals surface area contributed by atoms with Crippen LogP contribution in [0.15, 0.2) is 72.9 Å². The minimum absolute atomic E-state index is 0.206. The average Bonchev–Trinajstić information content (AvgIpc) is 3.44. The number of fused-ring (bicyclic) bond motifs is 1. The molecule has 9 heteroatoms. The van der Waals surface area contributed by atoms with E-state index in [2.05, 4.69) is 10.3 Å². The van der Waals surface area contributed by atoms with Gasteiger partial charge in [0, 0.05) is 25.2 Å². The molecule has 0 spiro atoms. The zero-order valence-corrected chi connectivity index (χ0v) is 23.9. The summed E-state index contributed by atoms with van der Waals surface area (Å²) < 4.78 is 18.7. The molecule has 1 amide bonds. The summed E-state index contributed by atoms with van der Waals surface area (Å²) in [5.74, 6) is 0.162. The summed E-state index contributed by atoms with van der Waals surface area (Å²) in [7, 11) is 1.65. The van der Waals surface area contributed by atoms with Crippen molar-refractivity contribution in [2.24, 2.45) is 0 Å². The molecule has 0 radical (unpaired) electrons. The van der Waals surface area contributed by atoms with Crippen LogP contribution in [0.25, 0.3) is 10.8 Å². The number of carbonyl (C=O) groups is 2. The molecule has 0 aliphatic carbocycles. The predicted octanol–water partition coefficient (Wildman–Crippen LogP) is 5.63. The van der Waals surface area contributed by atoms with Gasteiger partial charge in [-0.25, -0.2) is 9.59 Å². The third kappa shape index (κ3) is 7.03. The van der Waals surface area contributed by atoms with Gasteiger partial charge in [-0.05, 0) is 74.2 Å². The van der Waals surface area contributed by atoms with Gasteiger partial charge in [-0.2, -0.15) is 0 Å². The van der Waals surface area contributed by atoms with E-state index in [4.69, 9.17) is 14.2 Å². The van der Waals surface area contributed by atoms with Gasteiger partial charge < -0.3 is 19.1 Å². The van der Waals surface area contributed by atoms with Crippen LogP contribution >= 0.6 is 0 Å². The van der Waals surface area contributed by atoms with Crippen LogP contribution in [-0.4, -0.2) is 63.9 Å². The van der Waals surface area contributed by atoms with Crippen molar-refractivity contribution in [3.8, 4) is 5.75 Å². The maximum absolute atomic E-state index is 13.3. The van der Waals surface area contributed by atoms with Gasteiger partial charge in [0.15, 0.2) is 0 Å². The summed E-state index contributed by atoms with van der Waals surface area (Å²) in [4.78, 5) is 27.8. The summed E-state index contributed by atoms with van der Waals surface area (Å²) in [5.41, 5.74) is 1.73. The Hall–Kier alpha value is -4.40. The Morgan fingerprint density at radius 1 is 1.00 bits per heavy atom. The lowest BCUT2D eigenvalue weighted by molar-refractivity contribution is -0.0186. The maximum Gasteiger partial charge on any atom is 0.410 e. The van der Waals surface area contributed by atoms with Gasteiger partial charge in [0.25, 0.3) is 0 Å². The average molecular weight is 557 g/mol. The lowest BCUT2D eigenvalue weighted by atomic mass is 9.91. The molecule has 41 heavy (non-hydrogen) atoms. The van der Waals surface area contributed by atoms with Gasteiger partial charge in [-0.15, -0.1) is 5.10 Å². The van der Waals surface area contributed by atoms with E-state index in [0.717, 1.165) is 34.2 Å². The highest BCUT2D eigenvalue weighted by Crippen LogP contribution is 2.31. The molecule has 1 aliphatic rings. The summed E-state index contributed by atoms with van der Waals surface area (Å²) >= 11 is 0. The van der Waals surface area contributed by atoms with Gasteiger partial charge in [0.05, 0.1) is 24.9 Å². The van der Waals surface area contributed by atoms with Crippen molar-refractivity contribution in [2.45, 2.75) is 57.8 Å². The summed E-state index contributed by atoms with van der Waals surface area (Å²) in [6.45, 7) is 6.81. The predicted molar refractivity (Wildman–Crippen MR) is 155 cm³/mol. The van der Waals surface area contributed by atoms with Crippen LogP contribution in [0.4, 0.5) is 4.79 Å². The van der Waals surface area contributed by atoms with Crippen LogP contribution in [0, 0.1) is 0 Å². The molecule has 2 atom stereocenters. The number of aromatic nitrogens is 3. The van der Waals surface area contributed by atoms with Crippen LogP contribution in [0.3, 0.4) is 0 Å². The molecule has 1 aromatic heterocycles. The molecule has 0 saturated carbocycles. The van der Waals surface area contributed by atoms with Crippen molar-refractivity contribution in [2.75, 3.05) is 20.2 Å². The Labute approximate surface area is 240 Å². The second-order valence-corrected chi connectivity index (χ2v) is 11.3. The Kier molecular flexibility index (Phi) is 8.23. The summed E-state index contributed by atoms with van der Waals surface area (Å²) in [6, 6.07) is 21.3. The van der Waals surface area contributed by atoms with Crippen LogP contribution < -0.4 is 4.74 Å². The second kappa shape index (κ2) is 12.0. The zero-order chi connectivity index (χ0) is 29.0. The molecule has 9 nitrogen and oxygen atoms in total. The molecular formula is C32H36N4O5. The minimum atomic E-state index is -0.627. The number of benzene rings is 3. The van der Waals surface area contributed by atoms with Gasteiger partial charge >= 0.3 is 12.1 Å². The van der Waals surface area contributed by atoms with Gasteiger partial charge in [0.2, 0.25) is 0 Å². The fourth-order valence-electron chi connectivity index (χ4n) is 5.02. The fraction of sp³-hybridized carbons (Fsp3) is 0.375. The highest BCUT2D eigenvalue weighted by Gasteiger charge is 2.38. The monoisotopic (exact) mass is 556 g/mol. The molecule has 1 aliphatic heterocycles. The molecular weight excluding hydrogens is 520 g/mol. The highest BCUT2D eigenvalue weighted by atomic mass is 16.6.